The van der Waals surface area contributed by atoms with Crippen LogP contribution in [0.25, 0.3) is 11.5 Å². The average molecular weight is 227 g/mol. The highest BCUT2D eigenvalue weighted by atomic mass is 35.5. The highest BCUT2D eigenvalue weighted by Crippen LogP contribution is 2.16. The van der Waals surface area contributed by atoms with Gasteiger partial charge in [-0.15, -0.1) is 5.10 Å². The molecular weight excluding hydrogens is 220 g/mol. The average Bonchev–Trinajstić information content (AvgIpc) is 2.63. The van der Waals surface area contributed by atoms with E-state index in [4.69, 9.17) is 16.3 Å². The van der Waals surface area contributed by atoms with Crippen molar-refractivity contribution < 1.29 is 4.74 Å². The lowest BCUT2D eigenvalue weighted by Gasteiger charge is -2.01. The summed E-state index contributed by atoms with van der Waals surface area (Å²) in [6.45, 7) is 0. The maximum absolute atomic E-state index is 5.71. The van der Waals surface area contributed by atoms with Crippen LogP contribution >= 0.6 is 11.6 Å². The number of methoxy groups -OCH3 is 1. The third kappa shape index (κ3) is 1.86. The fourth-order valence-corrected chi connectivity index (χ4v) is 1.18. The molecule has 0 aromatic carbocycles. The normalized spacial score (nSPS) is 10.3. The molecule has 0 unspecified atom stereocenters. The molecule has 0 bridgehead atoms. The van der Waals surface area contributed by atoms with Crippen LogP contribution in [0.2, 0.25) is 5.28 Å². The van der Waals surface area contributed by atoms with Gasteiger partial charge in [0, 0.05) is 7.05 Å². The third-order valence-electron chi connectivity index (χ3n) is 1.71. The third-order valence-corrected chi connectivity index (χ3v) is 1.88. The molecule has 0 spiro atoms. The minimum Gasteiger partial charge on any atom is -0.467 e. The lowest BCUT2D eigenvalue weighted by Crippen LogP contribution is -2.01. The molecule has 0 saturated carbocycles. The van der Waals surface area contributed by atoms with Crippen LogP contribution in [-0.2, 0) is 7.05 Å². The van der Waals surface area contributed by atoms with E-state index in [2.05, 4.69) is 25.3 Å². The van der Waals surface area contributed by atoms with Crippen molar-refractivity contribution in [2.45, 2.75) is 0 Å². The first-order valence-electron chi connectivity index (χ1n) is 4.01. The van der Waals surface area contributed by atoms with E-state index in [1.807, 2.05) is 0 Å². The topological polar surface area (TPSA) is 78.6 Å². The van der Waals surface area contributed by atoms with E-state index in [0.717, 1.165) is 0 Å². The van der Waals surface area contributed by atoms with Gasteiger partial charge in [0.15, 0.2) is 5.82 Å². The quantitative estimate of drug-likeness (QED) is 0.734. The summed E-state index contributed by atoms with van der Waals surface area (Å²) in [7, 11) is 3.18. The molecule has 0 aliphatic carbocycles. The Morgan fingerprint density at radius 2 is 2.13 bits per heavy atom. The Hall–Kier alpha value is -1.76. The lowest BCUT2D eigenvalue weighted by molar-refractivity contribution is 0.378. The molecule has 2 rings (SSSR count). The zero-order chi connectivity index (χ0) is 10.8. The fraction of sp³-hybridized carbons (Fsp3) is 0.286. The number of rotatable bonds is 2. The molecule has 8 heteroatoms. The molecule has 0 aliphatic heterocycles. The van der Waals surface area contributed by atoms with Crippen molar-refractivity contribution in [3.05, 3.63) is 11.5 Å². The van der Waals surface area contributed by atoms with Gasteiger partial charge in [-0.2, -0.15) is 15.0 Å². The van der Waals surface area contributed by atoms with Gasteiger partial charge >= 0.3 is 6.01 Å². The Bertz CT molecular complexity index is 484. The number of ether oxygens (including phenoxy) is 1. The SMILES string of the molecule is COc1nc(Cl)nc(-c2cnnn2C)n1. The minimum absolute atomic E-state index is 0.0676. The number of halogens is 1. The summed E-state index contributed by atoms with van der Waals surface area (Å²) in [5, 5.41) is 7.54. The second kappa shape index (κ2) is 3.77. The summed E-state index contributed by atoms with van der Waals surface area (Å²) < 4.78 is 6.41. The molecule has 2 aromatic rings. The van der Waals surface area contributed by atoms with Crippen molar-refractivity contribution in [1.82, 2.24) is 29.9 Å². The maximum Gasteiger partial charge on any atom is 0.321 e. The van der Waals surface area contributed by atoms with E-state index in [1.165, 1.54) is 18.0 Å². The van der Waals surface area contributed by atoms with Gasteiger partial charge in [0.25, 0.3) is 0 Å². The van der Waals surface area contributed by atoms with E-state index in [0.29, 0.717) is 11.5 Å². The van der Waals surface area contributed by atoms with Crippen molar-refractivity contribution in [3.8, 4) is 17.5 Å². The zero-order valence-electron chi connectivity index (χ0n) is 8.05. The van der Waals surface area contributed by atoms with Crippen LogP contribution in [0.3, 0.4) is 0 Å². The van der Waals surface area contributed by atoms with Crippen molar-refractivity contribution in [2.75, 3.05) is 7.11 Å². The second-order valence-electron chi connectivity index (χ2n) is 2.66. The molecule has 0 fully saturated rings. The van der Waals surface area contributed by atoms with Crippen LogP contribution in [0.15, 0.2) is 6.20 Å². The molecular formula is C7H7ClN6O. The monoisotopic (exact) mass is 226 g/mol. The van der Waals surface area contributed by atoms with Crippen LogP contribution in [-0.4, -0.2) is 37.1 Å². The molecule has 0 atom stereocenters. The smallest absolute Gasteiger partial charge is 0.321 e. The summed E-state index contributed by atoms with van der Waals surface area (Å²) in [5.74, 6) is 0.374. The molecule has 15 heavy (non-hydrogen) atoms. The zero-order valence-corrected chi connectivity index (χ0v) is 8.80. The van der Waals surface area contributed by atoms with Crippen molar-refractivity contribution in [1.29, 1.82) is 0 Å². The van der Waals surface area contributed by atoms with Crippen LogP contribution in [0, 0.1) is 0 Å². The Morgan fingerprint density at radius 1 is 1.33 bits per heavy atom. The van der Waals surface area contributed by atoms with E-state index in [-0.39, 0.29) is 11.3 Å². The standard InChI is InChI=1S/C7H7ClN6O/c1-14-4(3-9-13-14)5-10-6(8)12-7(11-5)15-2/h3H,1-2H3. The van der Waals surface area contributed by atoms with E-state index in [9.17, 15) is 0 Å². The fourth-order valence-electron chi connectivity index (χ4n) is 1.03. The van der Waals surface area contributed by atoms with Gasteiger partial charge in [-0.05, 0) is 11.6 Å². The first-order valence-corrected chi connectivity index (χ1v) is 4.39. The van der Waals surface area contributed by atoms with Crippen molar-refractivity contribution >= 4 is 11.6 Å². The summed E-state index contributed by atoms with van der Waals surface area (Å²) in [4.78, 5) is 11.7. The van der Waals surface area contributed by atoms with Gasteiger partial charge in [0.1, 0.15) is 5.69 Å². The molecule has 78 valence electrons. The second-order valence-corrected chi connectivity index (χ2v) is 3.00. The summed E-state index contributed by atoms with van der Waals surface area (Å²) in [6.07, 6.45) is 1.53. The number of aromatic nitrogens is 6. The predicted octanol–water partition coefficient (Wildman–Crippen LogP) is 0.329. The first-order chi connectivity index (χ1) is 7.20. The van der Waals surface area contributed by atoms with Gasteiger partial charge in [0.05, 0.1) is 13.3 Å². The summed E-state index contributed by atoms with van der Waals surface area (Å²) in [5.41, 5.74) is 0.637. The summed E-state index contributed by atoms with van der Waals surface area (Å²) >= 11 is 5.71. The van der Waals surface area contributed by atoms with E-state index in [1.54, 1.807) is 7.05 Å². The highest BCUT2D eigenvalue weighted by Gasteiger charge is 2.11. The van der Waals surface area contributed by atoms with Crippen molar-refractivity contribution in [2.24, 2.45) is 7.05 Å². The lowest BCUT2D eigenvalue weighted by atomic mass is 10.4. The largest absolute Gasteiger partial charge is 0.467 e. The van der Waals surface area contributed by atoms with E-state index >= 15 is 0 Å². The maximum atomic E-state index is 5.71. The van der Waals surface area contributed by atoms with Crippen LogP contribution in [0.1, 0.15) is 0 Å². The Labute approximate surface area is 90.1 Å². The molecule has 0 radical (unpaired) electrons. The first kappa shape index (κ1) is 9.78. The molecule has 0 aliphatic rings. The molecule has 7 nitrogen and oxygen atoms in total. The van der Waals surface area contributed by atoms with Gasteiger partial charge in [-0.1, -0.05) is 5.21 Å². The molecule has 2 aromatic heterocycles. The van der Waals surface area contributed by atoms with Crippen LogP contribution in [0.4, 0.5) is 0 Å². The van der Waals surface area contributed by atoms with Crippen molar-refractivity contribution in [3.63, 3.8) is 0 Å². The molecule has 0 N–H and O–H groups in total. The van der Waals surface area contributed by atoms with E-state index < -0.39 is 0 Å². The number of hydrogen-bond donors (Lipinski definition) is 0. The Morgan fingerprint density at radius 3 is 2.73 bits per heavy atom. The van der Waals surface area contributed by atoms with Crippen LogP contribution < -0.4 is 4.74 Å². The summed E-state index contributed by atoms with van der Waals surface area (Å²) in [6, 6.07) is 0.159. The van der Waals surface area contributed by atoms with Gasteiger partial charge < -0.3 is 4.74 Å². The Balaban J connectivity index is 2.53. The molecule has 0 amide bonds. The number of aryl methyl sites for hydroxylation is 1. The highest BCUT2D eigenvalue weighted by molar-refractivity contribution is 6.28. The van der Waals surface area contributed by atoms with Gasteiger partial charge in [0.2, 0.25) is 5.28 Å². The molecule has 2 heterocycles. The number of nitrogens with zero attached hydrogens (tertiary/aromatic N) is 6. The van der Waals surface area contributed by atoms with Gasteiger partial charge in [-0.25, -0.2) is 4.68 Å². The Kier molecular flexibility index (Phi) is 2.46. The van der Waals surface area contributed by atoms with Crippen LogP contribution in [0.5, 0.6) is 6.01 Å². The van der Waals surface area contributed by atoms with Gasteiger partial charge in [-0.3, -0.25) is 0 Å². The minimum atomic E-state index is 0.0676. The number of hydrogen-bond acceptors (Lipinski definition) is 6. The predicted molar refractivity (Wildman–Crippen MR) is 51.4 cm³/mol. The molecule has 0 saturated heterocycles.